The van der Waals surface area contributed by atoms with Gasteiger partial charge in [-0.2, -0.15) is 0 Å². The standard InChI is InChI=1S/C14H22N2O3/c1-4-15-9-11-6-7-12(13(8-11)19-5-2)16(3)10-14(17)18/h6-8,15H,4-5,9-10H2,1-3H3,(H,17,18). The Balaban J connectivity index is 2.93. The minimum absolute atomic E-state index is 0.0490. The summed E-state index contributed by atoms with van der Waals surface area (Å²) >= 11 is 0. The Morgan fingerprint density at radius 2 is 2.16 bits per heavy atom. The third-order valence-corrected chi connectivity index (χ3v) is 2.69. The van der Waals surface area contributed by atoms with Gasteiger partial charge >= 0.3 is 5.97 Å². The van der Waals surface area contributed by atoms with Crippen molar-refractivity contribution in [1.29, 1.82) is 0 Å². The van der Waals surface area contributed by atoms with Crippen LogP contribution in [0.1, 0.15) is 19.4 Å². The summed E-state index contributed by atoms with van der Waals surface area (Å²) in [4.78, 5) is 12.4. The highest BCUT2D eigenvalue weighted by molar-refractivity contribution is 5.75. The van der Waals surface area contributed by atoms with Crippen molar-refractivity contribution in [1.82, 2.24) is 5.32 Å². The van der Waals surface area contributed by atoms with Gasteiger partial charge in [0.2, 0.25) is 0 Å². The molecule has 0 aliphatic carbocycles. The van der Waals surface area contributed by atoms with E-state index in [9.17, 15) is 4.79 Å². The largest absolute Gasteiger partial charge is 0.492 e. The molecule has 0 unspecified atom stereocenters. The average Bonchev–Trinajstić information content (AvgIpc) is 2.36. The van der Waals surface area contributed by atoms with Crippen molar-refractivity contribution in [3.8, 4) is 5.75 Å². The van der Waals surface area contributed by atoms with Crippen LogP contribution in [0.15, 0.2) is 18.2 Å². The van der Waals surface area contributed by atoms with Crippen LogP contribution in [0.2, 0.25) is 0 Å². The molecule has 0 amide bonds. The maximum absolute atomic E-state index is 10.8. The van der Waals surface area contributed by atoms with E-state index in [4.69, 9.17) is 9.84 Å². The van der Waals surface area contributed by atoms with Crippen LogP contribution in [0.3, 0.4) is 0 Å². The summed E-state index contributed by atoms with van der Waals surface area (Å²) in [5, 5.41) is 12.1. The van der Waals surface area contributed by atoms with Gasteiger partial charge in [0.15, 0.2) is 0 Å². The fraction of sp³-hybridized carbons (Fsp3) is 0.500. The molecule has 0 saturated heterocycles. The quantitative estimate of drug-likeness (QED) is 0.750. The zero-order valence-electron chi connectivity index (χ0n) is 11.8. The van der Waals surface area contributed by atoms with Gasteiger partial charge in [-0.1, -0.05) is 13.0 Å². The number of carboxylic acid groups (broad SMARTS) is 1. The molecule has 0 heterocycles. The summed E-state index contributed by atoms with van der Waals surface area (Å²) in [5.41, 5.74) is 1.92. The first-order valence-electron chi connectivity index (χ1n) is 6.47. The Kier molecular flexibility index (Phi) is 6.15. The van der Waals surface area contributed by atoms with E-state index < -0.39 is 5.97 Å². The fourth-order valence-electron chi connectivity index (χ4n) is 1.81. The Labute approximate surface area is 114 Å². The Bertz CT molecular complexity index is 421. The first-order chi connectivity index (χ1) is 9.08. The van der Waals surface area contributed by atoms with E-state index in [1.165, 1.54) is 0 Å². The lowest BCUT2D eigenvalue weighted by Gasteiger charge is -2.21. The van der Waals surface area contributed by atoms with E-state index in [-0.39, 0.29) is 6.54 Å². The molecular formula is C14H22N2O3. The van der Waals surface area contributed by atoms with Crippen LogP contribution in [-0.2, 0) is 11.3 Å². The number of carbonyl (C=O) groups is 1. The lowest BCUT2D eigenvalue weighted by Crippen LogP contribution is -2.25. The van der Waals surface area contributed by atoms with Crippen molar-refractivity contribution in [3.05, 3.63) is 23.8 Å². The minimum Gasteiger partial charge on any atom is -0.492 e. The molecule has 0 spiro atoms. The lowest BCUT2D eigenvalue weighted by atomic mass is 10.1. The maximum Gasteiger partial charge on any atom is 0.323 e. The topological polar surface area (TPSA) is 61.8 Å². The van der Waals surface area contributed by atoms with Crippen LogP contribution < -0.4 is 15.0 Å². The number of aliphatic carboxylic acids is 1. The van der Waals surface area contributed by atoms with E-state index in [0.29, 0.717) is 6.61 Å². The number of nitrogens with one attached hydrogen (secondary N) is 1. The normalized spacial score (nSPS) is 10.3. The zero-order valence-corrected chi connectivity index (χ0v) is 11.8. The molecule has 0 radical (unpaired) electrons. The number of likely N-dealkylation sites (N-methyl/N-ethyl adjacent to an activating group) is 1. The first-order valence-corrected chi connectivity index (χ1v) is 6.47. The summed E-state index contributed by atoms with van der Waals surface area (Å²) in [6.07, 6.45) is 0. The highest BCUT2D eigenvalue weighted by atomic mass is 16.5. The molecule has 5 nitrogen and oxygen atoms in total. The number of hydrogen-bond acceptors (Lipinski definition) is 4. The van der Waals surface area contributed by atoms with Crippen LogP contribution in [-0.4, -0.2) is 37.8 Å². The molecule has 0 bridgehead atoms. The molecule has 0 aromatic heterocycles. The van der Waals surface area contributed by atoms with Crippen LogP contribution >= 0.6 is 0 Å². The molecule has 0 aliphatic rings. The van der Waals surface area contributed by atoms with Gasteiger partial charge in [-0.05, 0) is 31.2 Å². The number of benzene rings is 1. The summed E-state index contributed by atoms with van der Waals surface area (Å²) in [6.45, 7) is 6.16. The third-order valence-electron chi connectivity index (χ3n) is 2.69. The van der Waals surface area contributed by atoms with E-state index >= 15 is 0 Å². The summed E-state index contributed by atoms with van der Waals surface area (Å²) in [6, 6.07) is 5.85. The van der Waals surface area contributed by atoms with Crippen molar-refractivity contribution in [3.63, 3.8) is 0 Å². The number of nitrogens with zero attached hydrogens (tertiary/aromatic N) is 1. The highest BCUT2D eigenvalue weighted by Crippen LogP contribution is 2.28. The summed E-state index contributed by atoms with van der Waals surface area (Å²) in [7, 11) is 1.75. The number of ether oxygens (including phenoxy) is 1. The average molecular weight is 266 g/mol. The molecule has 0 atom stereocenters. The zero-order chi connectivity index (χ0) is 14.3. The first kappa shape index (κ1) is 15.3. The molecule has 0 saturated carbocycles. The second-order valence-electron chi connectivity index (χ2n) is 4.27. The van der Waals surface area contributed by atoms with Crippen LogP contribution in [0.4, 0.5) is 5.69 Å². The molecule has 1 aromatic carbocycles. The fourth-order valence-corrected chi connectivity index (χ4v) is 1.81. The molecular weight excluding hydrogens is 244 g/mol. The van der Waals surface area contributed by atoms with E-state index in [1.807, 2.05) is 25.1 Å². The van der Waals surface area contributed by atoms with Crippen molar-refractivity contribution in [2.45, 2.75) is 20.4 Å². The van der Waals surface area contributed by atoms with E-state index in [0.717, 1.165) is 30.1 Å². The van der Waals surface area contributed by atoms with Crippen molar-refractivity contribution in [2.24, 2.45) is 0 Å². The number of hydrogen-bond donors (Lipinski definition) is 2. The molecule has 2 N–H and O–H groups in total. The van der Waals surface area contributed by atoms with Crippen LogP contribution in [0.25, 0.3) is 0 Å². The van der Waals surface area contributed by atoms with Gasteiger partial charge in [0, 0.05) is 13.6 Å². The van der Waals surface area contributed by atoms with Gasteiger partial charge in [-0.3, -0.25) is 4.79 Å². The van der Waals surface area contributed by atoms with Gasteiger partial charge in [0.1, 0.15) is 12.3 Å². The second-order valence-corrected chi connectivity index (χ2v) is 4.27. The van der Waals surface area contributed by atoms with E-state index in [2.05, 4.69) is 12.2 Å². The third kappa shape index (κ3) is 4.79. The van der Waals surface area contributed by atoms with E-state index in [1.54, 1.807) is 11.9 Å². The van der Waals surface area contributed by atoms with Gasteiger partial charge in [-0.15, -0.1) is 0 Å². The number of rotatable bonds is 8. The van der Waals surface area contributed by atoms with Gasteiger partial charge < -0.3 is 20.1 Å². The second kappa shape index (κ2) is 7.63. The van der Waals surface area contributed by atoms with Crippen LogP contribution in [0, 0.1) is 0 Å². The van der Waals surface area contributed by atoms with Crippen LogP contribution in [0.5, 0.6) is 5.75 Å². The highest BCUT2D eigenvalue weighted by Gasteiger charge is 2.12. The molecule has 106 valence electrons. The molecule has 5 heteroatoms. The van der Waals surface area contributed by atoms with Crippen molar-refractivity contribution >= 4 is 11.7 Å². The van der Waals surface area contributed by atoms with Gasteiger partial charge in [0.25, 0.3) is 0 Å². The maximum atomic E-state index is 10.8. The van der Waals surface area contributed by atoms with Crippen molar-refractivity contribution < 1.29 is 14.6 Å². The molecule has 0 aliphatic heterocycles. The Morgan fingerprint density at radius 3 is 2.74 bits per heavy atom. The summed E-state index contributed by atoms with van der Waals surface area (Å²) in [5.74, 6) is -0.136. The smallest absolute Gasteiger partial charge is 0.323 e. The minimum atomic E-state index is -0.860. The van der Waals surface area contributed by atoms with Crippen molar-refractivity contribution in [2.75, 3.05) is 31.6 Å². The molecule has 0 fully saturated rings. The Morgan fingerprint density at radius 1 is 1.42 bits per heavy atom. The SMILES string of the molecule is CCNCc1ccc(N(C)CC(=O)O)c(OCC)c1. The Hall–Kier alpha value is -1.75. The monoisotopic (exact) mass is 266 g/mol. The van der Waals surface area contributed by atoms with Gasteiger partial charge in [0.05, 0.1) is 12.3 Å². The number of carboxylic acids is 1. The summed E-state index contributed by atoms with van der Waals surface area (Å²) < 4.78 is 5.60. The van der Waals surface area contributed by atoms with Gasteiger partial charge in [-0.25, -0.2) is 0 Å². The predicted octanol–water partition coefficient (Wildman–Crippen LogP) is 1.72. The molecule has 1 aromatic rings. The predicted molar refractivity (Wildman–Crippen MR) is 75.9 cm³/mol. The molecule has 19 heavy (non-hydrogen) atoms. The number of anilines is 1. The lowest BCUT2D eigenvalue weighted by molar-refractivity contribution is -0.135. The molecule has 1 rings (SSSR count).